The Kier molecular flexibility index (Phi) is 3.36. The topological polar surface area (TPSA) is 46.2 Å². The van der Waals surface area contributed by atoms with Crippen LogP contribution in [0.3, 0.4) is 0 Å². The molecule has 1 aliphatic rings. The predicted octanol–water partition coefficient (Wildman–Crippen LogP) is 3.83. The fraction of sp³-hybridized carbons (Fsp3) is 0.0667. The second kappa shape index (κ2) is 5.04. The van der Waals surface area contributed by atoms with E-state index in [2.05, 4.69) is 21.2 Å². The normalized spacial score (nSPS) is 13.0. The number of hydrogen-bond donors (Lipinski definition) is 1. The Labute approximate surface area is 129 Å². The summed E-state index contributed by atoms with van der Waals surface area (Å²) in [7, 11) is 0. The lowest BCUT2D eigenvalue weighted by Gasteiger charge is -2.06. The first-order valence-electron chi connectivity index (χ1n) is 5.97. The zero-order chi connectivity index (χ0) is 14.3. The van der Waals surface area contributed by atoms with Crippen molar-refractivity contribution in [3.8, 4) is 0 Å². The third kappa shape index (κ3) is 2.37. The van der Waals surface area contributed by atoms with Gasteiger partial charge in [-0.05, 0) is 57.9 Å². The molecule has 1 amide bonds. The summed E-state index contributed by atoms with van der Waals surface area (Å²) in [6.07, 6.45) is 0.318. The van der Waals surface area contributed by atoms with Crippen molar-refractivity contribution in [2.75, 3.05) is 5.32 Å². The van der Waals surface area contributed by atoms with E-state index in [1.165, 1.54) is 0 Å². The van der Waals surface area contributed by atoms with Crippen LogP contribution in [0, 0.1) is 0 Å². The minimum atomic E-state index is -0.101. The van der Waals surface area contributed by atoms with Gasteiger partial charge in [0.1, 0.15) is 0 Å². The molecule has 0 radical (unpaired) electrons. The first-order valence-corrected chi connectivity index (χ1v) is 7.14. The lowest BCUT2D eigenvalue weighted by atomic mass is 10.0. The highest BCUT2D eigenvalue weighted by atomic mass is 79.9. The maximum atomic E-state index is 12.5. The number of fused-ring (bicyclic) bond motifs is 1. The molecule has 0 aliphatic carbocycles. The first kappa shape index (κ1) is 13.3. The van der Waals surface area contributed by atoms with Crippen LogP contribution >= 0.6 is 27.5 Å². The Bertz CT molecular complexity index is 743. The van der Waals surface area contributed by atoms with Crippen LogP contribution in [0.25, 0.3) is 0 Å². The average molecular weight is 351 g/mol. The highest BCUT2D eigenvalue weighted by Crippen LogP contribution is 2.27. The number of nitrogens with one attached hydrogen (secondary N) is 1. The van der Waals surface area contributed by atoms with Crippen LogP contribution in [-0.2, 0) is 11.2 Å². The van der Waals surface area contributed by atoms with Crippen molar-refractivity contribution in [3.05, 3.63) is 62.6 Å². The summed E-state index contributed by atoms with van der Waals surface area (Å²) in [4.78, 5) is 23.8. The largest absolute Gasteiger partial charge is 0.326 e. The van der Waals surface area contributed by atoms with Gasteiger partial charge in [0.25, 0.3) is 0 Å². The lowest BCUT2D eigenvalue weighted by molar-refractivity contribution is -0.115. The van der Waals surface area contributed by atoms with Crippen LogP contribution in [0.15, 0.2) is 40.9 Å². The van der Waals surface area contributed by atoms with Crippen molar-refractivity contribution in [2.45, 2.75) is 6.42 Å². The Morgan fingerprint density at radius 2 is 2.00 bits per heavy atom. The van der Waals surface area contributed by atoms with Crippen LogP contribution in [0.1, 0.15) is 21.5 Å². The van der Waals surface area contributed by atoms with E-state index in [0.717, 1.165) is 11.3 Å². The molecule has 0 bridgehead atoms. The number of hydrogen-bond acceptors (Lipinski definition) is 2. The molecule has 1 heterocycles. The van der Waals surface area contributed by atoms with Crippen molar-refractivity contribution in [2.24, 2.45) is 0 Å². The number of rotatable bonds is 2. The average Bonchev–Trinajstić information content (AvgIpc) is 2.77. The van der Waals surface area contributed by atoms with E-state index < -0.39 is 0 Å². The van der Waals surface area contributed by atoms with Gasteiger partial charge in [0.05, 0.1) is 6.42 Å². The molecule has 2 aromatic carbocycles. The number of benzene rings is 2. The SMILES string of the molecule is O=C1Cc2cc(C(=O)c3ccc(Cl)cc3Br)ccc2N1. The summed E-state index contributed by atoms with van der Waals surface area (Å²) in [5, 5.41) is 3.31. The summed E-state index contributed by atoms with van der Waals surface area (Å²) in [6.45, 7) is 0. The van der Waals surface area contributed by atoms with Gasteiger partial charge in [-0.1, -0.05) is 11.6 Å². The second-order valence-electron chi connectivity index (χ2n) is 4.55. The Morgan fingerprint density at radius 1 is 1.20 bits per heavy atom. The fourth-order valence-corrected chi connectivity index (χ4v) is 3.06. The molecule has 0 spiro atoms. The summed E-state index contributed by atoms with van der Waals surface area (Å²) in [6, 6.07) is 10.3. The quantitative estimate of drug-likeness (QED) is 0.837. The van der Waals surface area contributed by atoms with Crippen LogP contribution in [0.2, 0.25) is 5.02 Å². The third-order valence-corrected chi connectivity index (χ3v) is 4.06. The molecule has 0 aromatic heterocycles. The number of carbonyl (C=O) groups is 2. The zero-order valence-corrected chi connectivity index (χ0v) is 12.6. The van der Waals surface area contributed by atoms with Gasteiger partial charge in [-0.2, -0.15) is 0 Å². The van der Waals surface area contributed by atoms with Crippen molar-refractivity contribution >= 4 is 44.9 Å². The monoisotopic (exact) mass is 349 g/mol. The van der Waals surface area contributed by atoms with Crippen molar-refractivity contribution in [1.82, 2.24) is 0 Å². The minimum Gasteiger partial charge on any atom is -0.326 e. The Balaban J connectivity index is 1.99. The van der Waals surface area contributed by atoms with Gasteiger partial charge in [0, 0.05) is 26.3 Å². The first-order chi connectivity index (χ1) is 9.54. The number of carbonyl (C=O) groups excluding carboxylic acids is 2. The number of anilines is 1. The van der Waals surface area contributed by atoms with Gasteiger partial charge in [0.2, 0.25) is 5.91 Å². The highest BCUT2D eigenvalue weighted by Gasteiger charge is 2.20. The second-order valence-corrected chi connectivity index (χ2v) is 5.84. The van der Waals surface area contributed by atoms with E-state index in [9.17, 15) is 9.59 Å². The van der Waals surface area contributed by atoms with Crippen LogP contribution < -0.4 is 5.32 Å². The highest BCUT2D eigenvalue weighted by molar-refractivity contribution is 9.10. The van der Waals surface area contributed by atoms with E-state index in [1.54, 1.807) is 36.4 Å². The Morgan fingerprint density at radius 3 is 2.75 bits per heavy atom. The molecular formula is C15H9BrClNO2. The number of amides is 1. The van der Waals surface area contributed by atoms with Gasteiger partial charge in [-0.15, -0.1) is 0 Å². The molecule has 20 heavy (non-hydrogen) atoms. The molecule has 1 N–H and O–H groups in total. The molecular weight excluding hydrogens is 342 g/mol. The summed E-state index contributed by atoms with van der Waals surface area (Å²) in [5.74, 6) is -0.145. The van der Waals surface area contributed by atoms with Gasteiger partial charge in [0.15, 0.2) is 5.78 Å². The summed E-state index contributed by atoms with van der Waals surface area (Å²) < 4.78 is 0.657. The molecule has 5 heteroatoms. The van der Waals surface area contributed by atoms with E-state index in [4.69, 9.17) is 11.6 Å². The molecule has 100 valence electrons. The summed E-state index contributed by atoms with van der Waals surface area (Å²) >= 11 is 9.22. The van der Waals surface area contributed by atoms with E-state index in [0.29, 0.717) is 27.0 Å². The fourth-order valence-electron chi connectivity index (χ4n) is 2.20. The van der Waals surface area contributed by atoms with Gasteiger partial charge in [-0.3, -0.25) is 9.59 Å². The van der Waals surface area contributed by atoms with Crippen LogP contribution in [0.4, 0.5) is 5.69 Å². The molecule has 2 aromatic rings. The van der Waals surface area contributed by atoms with Crippen molar-refractivity contribution in [1.29, 1.82) is 0 Å². The Hall–Kier alpha value is -1.65. The van der Waals surface area contributed by atoms with Crippen LogP contribution in [-0.4, -0.2) is 11.7 Å². The minimum absolute atomic E-state index is 0.0442. The summed E-state index contributed by atoms with van der Waals surface area (Å²) in [5.41, 5.74) is 2.74. The predicted molar refractivity (Wildman–Crippen MR) is 81.4 cm³/mol. The van der Waals surface area contributed by atoms with Crippen molar-refractivity contribution < 1.29 is 9.59 Å². The molecule has 0 fully saturated rings. The standard InChI is InChI=1S/C15H9BrClNO2/c16-12-7-10(17)2-3-11(12)15(20)8-1-4-13-9(5-8)6-14(19)18-13/h1-5,7H,6H2,(H,18,19). The molecule has 3 rings (SSSR count). The van der Waals surface area contributed by atoms with E-state index in [1.807, 2.05) is 0 Å². The van der Waals surface area contributed by atoms with Gasteiger partial charge < -0.3 is 5.32 Å². The molecule has 0 saturated carbocycles. The maximum absolute atomic E-state index is 12.5. The zero-order valence-electron chi connectivity index (χ0n) is 10.2. The maximum Gasteiger partial charge on any atom is 0.228 e. The smallest absolute Gasteiger partial charge is 0.228 e. The van der Waals surface area contributed by atoms with Crippen molar-refractivity contribution in [3.63, 3.8) is 0 Å². The van der Waals surface area contributed by atoms with E-state index in [-0.39, 0.29) is 11.7 Å². The molecule has 3 nitrogen and oxygen atoms in total. The lowest BCUT2D eigenvalue weighted by Crippen LogP contribution is -2.03. The van der Waals surface area contributed by atoms with Gasteiger partial charge >= 0.3 is 0 Å². The molecule has 0 saturated heterocycles. The number of ketones is 1. The molecule has 0 atom stereocenters. The van der Waals surface area contributed by atoms with Crippen LogP contribution in [0.5, 0.6) is 0 Å². The molecule has 1 aliphatic heterocycles. The molecule has 0 unspecified atom stereocenters. The van der Waals surface area contributed by atoms with Gasteiger partial charge in [-0.25, -0.2) is 0 Å². The third-order valence-electron chi connectivity index (χ3n) is 3.17. The number of halogens is 2. The van der Waals surface area contributed by atoms with E-state index >= 15 is 0 Å².